The fraction of sp³-hybridized carbons (Fsp3) is 0.519. The number of benzene rings is 1. The first-order valence-electron chi connectivity index (χ1n) is 12.6. The average molecular weight is 499 g/mol. The summed E-state index contributed by atoms with van der Waals surface area (Å²) in [6.07, 6.45) is 2.20. The molecule has 0 bridgehead atoms. The van der Waals surface area contributed by atoms with Gasteiger partial charge < -0.3 is 24.3 Å². The first kappa shape index (κ1) is 25.8. The van der Waals surface area contributed by atoms with Crippen molar-refractivity contribution in [1.29, 1.82) is 0 Å². The Balaban J connectivity index is 0.00000380. The Bertz CT molecular complexity index is 1110. The van der Waals surface area contributed by atoms with Crippen LogP contribution in [0.15, 0.2) is 41.0 Å². The van der Waals surface area contributed by atoms with Gasteiger partial charge >= 0.3 is 0 Å². The topological polar surface area (TPSA) is 95.3 Å². The van der Waals surface area contributed by atoms with Crippen molar-refractivity contribution in [2.75, 3.05) is 38.7 Å². The van der Waals surface area contributed by atoms with E-state index in [1.54, 1.807) is 40.1 Å². The number of amides is 3. The predicted octanol–water partition coefficient (Wildman–Crippen LogP) is 3.47. The van der Waals surface area contributed by atoms with Crippen LogP contribution in [0, 0.1) is 11.8 Å². The lowest BCUT2D eigenvalue weighted by Crippen LogP contribution is -2.71. The van der Waals surface area contributed by atoms with Crippen LogP contribution >= 0.6 is 0 Å². The summed E-state index contributed by atoms with van der Waals surface area (Å²) in [6, 6.07) is 7.81. The lowest BCUT2D eigenvalue weighted by molar-refractivity contribution is -0.144. The number of furan rings is 1. The molecule has 2 aromatic rings. The number of fused-ring (bicyclic) bond motifs is 2. The molecule has 0 aliphatic carbocycles. The number of nitrogens with one attached hydrogen (secondary N) is 1. The standard InChI is InChI=1S/C27H36N4O5.H2/c1-17(2)14-20-25(32)29(15-18(3)11-12-28-4)16-23-30(26(33)22-10-7-13-36-22)19-8-6-9-21(35-5)24(19)27(34)31(20)23;/h6-10,13,17-18,20,23,28H,11-12,14-16H2,1-5H3;1H/t18?,20-,23?;/m0./s1. The van der Waals surface area contributed by atoms with E-state index < -0.39 is 12.2 Å². The van der Waals surface area contributed by atoms with E-state index in [2.05, 4.69) is 12.2 Å². The number of methoxy groups -OCH3 is 1. The zero-order chi connectivity index (χ0) is 26.0. The Morgan fingerprint density at radius 2 is 2.00 bits per heavy atom. The van der Waals surface area contributed by atoms with E-state index in [1.165, 1.54) is 13.4 Å². The first-order valence-corrected chi connectivity index (χ1v) is 12.6. The number of ether oxygens (including phenoxy) is 1. The van der Waals surface area contributed by atoms with Crippen molar-refractivity contribution in [3.05, 3.63) is 47.9 Å². The summed E-state index contributed by atoms with van der Waals surface area (Å²) in [5.74, 6) is 0.233. The number of rotatable bonds is 9. The molecule has 9 heteroatoms. The maximum atomic E-state index is 14.0. The zero-order valence-corrected chi connectivity index (χ0v) is 21.7. The van der Waals surface area contributed by atoms with Crippen molar-refractivity contribution in [1.82, 2.24) is 15.1 Å². The monoisotopic (exact) mass is 498 g/mol. The minimum Gasteiger partial charge on any atom is -0.496 e. The molecule has 2 aliphatic heterocycles. The van der Waals surface area contributed by atoms with Crippen LogP contribution in [0.5, 0.6) is 5.75 Å². The third kappa shape index (κ3) is 4.72. The molecule has 1 aromatic heterocycles. The highest BCUT2D eigenvalue weighted by Crippen LogP contribution is 2.41. The Morgan fingerprint density at radius 3 is 2.64 bits per heavy atom. The van der Waals surface area contributed by atoms with Crippen LogP contribution in [-0.4, -0.2) is 73.5 Å². The third-order valence-electron chi connectivity index (χ3n) is 6.93. The van der Waals surface area contributed by atoms with Gasteiger partial charge in [0.25, 0.3) is 11.8 Å². The molecule has 3 heterocycles. The van der Waals surface area contributed by atoms with Crippen molar-refractivity contribution in [3.63, 3.8) is 0 Å². The molecule has 2 aliphatic rings. The molecular formula is C27H38N4O5. The van der Waals surface area contributed by atoms with E-state index in [-0.39, 0.29) is 48.9 Å². The summed E-state index contributed by atoms with van der Waals surface area (Å²) in [5.41, 5.74) is 0.747. The van der Waals surface area contributed by atoms with Gasteiger partial charge in [0, 0.05) is 7.97 Å². The van der Waals surface area contributed by atoms with Crippen molar-refractivity contribution in [2.45, 2.75) is 45.8 Å². The quantitative estimate of drug-likeness (QED) is 0.569. The number of nitrogens with zero attached hydrogens (tertiary/aromatic N) is 3. The van der Waals surface area contributed by atoms with Gasteiger partial charge in [-0.2, -0.15) is 0 Å². The summed E-state index contributed by atoms with van der Waals surface area (Å²) in [5, 5.41) is 3.16. The minimum absolute atomic E-state index is 0. The summed E-state index contributed by atoms with van der Waals surface area (Å²) in [7, 11) is 3.40. The molecule has 1 N–H and O–H groups in total. The summed E-state index contributed by atoms with van der Waals surface area (Å²) < 4.78 is 11.0. The van der Waals surface area contributed by atoms with Gasteiger partial charge in [-0.05, 0) is 62.5 Å². The van der Waals surface area contributed by atoms with Gasteiger partial charge in [0.1, 0.15) is 23.5 Å². The van der Waals surface area contributed by atoms with Gasteiger partial charge in [-0.1, -0.05) is 26.8 Å². The second-order valence-electron chi connectivity index (χ2n) is 10.1. The second kappa shape index (κ2) is 10.7. The lowest BCUT2D eigenvalue weighted by atomic mass is 9.92. The Morgan fingerprint density at radius 1 is 1.22 bits per heavy atom. The fourth-order valence-electron chi connectivity index (χ4n) is 5.24. The first-order chi connectivity index (χ1) is 17.3. The van der Waals surface area contributed by atoms with Crippen LogP contribution in [0.2, 0.25) is 0 Å². The van der Waals surface area contributed by atoms with Crippen LogP contribution in [0.4, 0.5) is 5.69 Å². The molecule has 0 saturated carbocycles. The molecule has 0 spiro atoms. The normalized spacial score (nSPS) is 20.4. The molecule has 196 valence electrons. The van der Waals surface area contributed by atoms with E-state index in [9.17, 15) is 14.4 Å². The SMILES string of the molecule is CNCCC(C)CN1CC2N(C(=O)c3ccco3)c3cccc(OC)c3C(=O)N2[C@@H](CC(C)C)C1=O.[HH]. The van der Waals surface area contributed by atoms with Crippen LogP contribution in [0.25, 0.3) is 0 Å². The molecular weight excluding hydrogens is 460 g/mol. The van der Waals surface area contributed by atoms with E-state index in [0.29, 0.717) is 24.4 Å². The van der Waals surface area contributed by atoms with Crippen molar-refractivity contribution >= 4 is 23.4 Å². The van der Waals surface area contributed by atoms with Gasteiger partial charge in [0.05, 0.1) is 25.6 Å². The largest absolute Gasteiger partial charge is 0.496 e. The summed E-state index contributed by atoms with van der Waals surface area (Å²) in [4.78, 5) is 46.6. The maximum absolute atomic E-state index is 14.0. The highest BCUT2D eigenvalue weighted by atomic mass is 16.5. The molecule has 3 amide bonds. The van der Waals surface area contributed by atoms with Gasteiger partial charge in [0.2, 0.25) is 5.91 Å². The average Bonchev–Trinajstić information content (AvgIpc) is 3.39. The number of hydrogen-bond acceptors (Lipinski definition) is 6. The molecule has 2 unspecified atom stereocenters. The molecule has 1 aromatic carbocycles. The molecule has 4 rings (SSSR count). The Kier molecular flexibility index (Phi) is 7.68. The predicted molar refractivity (Wildman–Crippen MR) is 138 cm³/mol. The highest BCUT2D eigenvalue weighted by Gasteiger charge is 2.52. The highest BCUT2D eigenvalue weighted by molar-refractivity contribution is 6.14. The van der Waals surface area contributed by atoms with E-state index in [1.807, 2.05) is 25.8 Å². The van der Waals surface area contributed by atoms with Crippen molar-refractivity contribution in [2.24, 2.45) is 11.8 Å². The van der Waals surface area contributed by atoms with Gasteiger partial charge in [-0.25, -0.2) is 0 Å². The minimum atomic E-state index is -0.683. The number of carbonyl (C=O) groups excluding carboxylic acids is 3. The number of anilines is 1. The number of piperazine rings is 1. The Hall–Kier alpha value is -3.33. The Labute approximate surface area is 213 Å². The van der Waals surface area contributed by atoms with Crippen LogP contribution in [-0.2, 0) is 4.79 Å². The number of carbonyl (C=O) groups is 3. The molecule has 0 radical (unpaired) electrons. The van der Waals surface area contributed by atoms with Gasteiger partial charge in [0.15, 0.2) is 5.76 Å². The van der Waals surface area contributed by atoms with Crippen LogP contribution < -0.4 is 15.0 Å². The van der Waals surface area contributed by atoms with Gasteiger partial charge in [-0.3, -0.25) is 19.3 Å². The molecule has 3 atom stereocenters. The molecule has 9 nitrogen and oxygen atoms in total. The number of hydrogen-bond donors (Lipinski definition) is 1. The van der Waals surface area contributed by atoms with Gasteiger partial charge in [-0.15, -0.1) is 0 Å². The molecule has 36 heavy (non-hydrogen) atoms. The smallest absolute Gasteiger partial charge is 0.295 e. The summed E-state index contributed by atoms with van der Waals surface area (Å²) in [6.45, 7) is 7.82. The van der Waals surface area contributed by atoms with E-state index >= 15 is 0 Å². The fourth-order valence-corrected chi connectivity index (χ4v) is 5.24. The van der Waals surface area contributed by atoms with Crippen molar-refractivity contribution < 1.29 is 25.0 Å². The second-order valence-corrected chi connectivity index (χ2v) is 10.1. The third-order valence-corrected chi connectivity index (χ3v) is 6.93. The van der Waals surface area contributed by atoms with E-state index in [0.717, 1.165) is 13.0 Å². The lowest BCUT2D eigenvalue weighted by Gasteiger charge is -2.53. The van der Waals surface area contributed by atoms with Crippen LogP contribution in [0.1, 0.15) is 56.0 Å². The zero-order valence-electron chi connectivity index (χ0n) is 21.7. The maximum Gasteiger partial charge on any atom is 0.295 e. The molecule has 1 saturated heterocycles. The van der Waals surface area contributed by atoms with Crippen LogP contribution in [0.3, 0.4) is 0 Å². The van der Waals surface area contributed by atoms with E-state index in [4.69, 9.17) is 9.15 Å². The summed E-state index contributed by atoms with van der Waals surface area (Å²) >= 11 is 0. The molecule has 1 fully saturated rings. The van der Waals surface area contributed by atoms with Crippen molar-refractivity contribution in [3.8, 4) is 5.75 Å².